The number of alkyl halides is 1. The van der Waals surface area contributed by atoms with Crippen LogP contribution in [0.1, 0.15) is 44.7 Å². The number of rotatable bonds is 5. The predicted octanol–water partition coefficient (Wildman–Crippen LogP) is 4.27. The van der Waals surface area contributed by atoms with E-state index in [1.807, 2.05) is 0 Å². The SMILES string of the molecule is CCC[C@](O)(I)c1ccc(CC(C)C)cc1. The molecule has 0 bridgehead atoms. The van der Waals surface area contributed by atoms with Crippen LogP contribution in [0.25, 0.3) is 0 Å². The van der Waals surface area contributed by atoms with E-state index >= 15 is 0 Å². The van der Waals surface area contributed by atoms with Crippen molar-refractivity contribution in [1.82, 2.24) is 0 Å². The normalized spacial score (nSPS) is 15.1. The quantitative estimate of drug-likeness (QED) is 0.631. The van der Waals surface area contributed by atoms with Crippen LogP contribution in [0.15, 0.2) is 24.3 Å². The topological polar surface area (TPSA) is 20.2 Å². The molecule has 1 N–H and O–H groups in total. The van der Waals surface area contributed by atoms with E-state index in [1.165, 1.54) is 5.56 Å². The fourth-order valence-electron chi connectivity index (χ4n) is 1.84. The maximum atomic E-state index is 10.2. The summed E-state index contributed by atoms with van der Waals surface area (Å²) in [5.41, 5.74) is 2.37. The van der Waals surface area contributed by atoms with Crippen LogP contribution in [-0.2, 0) is 10.0 Å². The standard InChI is InChI=1S/C14H21IO/c1-4-9-14(15,16)13-7-5-12(6-8-13)10-11(2)3/h5-8,11,16H,4,9-10H2,1-3H3/t14-/m1/s1. The zero-order valence-corrected chi connectivity index (χ0v) is 12.5. The van der Waals surface area contributed by atoms with Gasteiger partial charge in [0.05, 0.1) is 0 Å². The van der Waals surface area contributed by atoms with Crippen molar-refractivity contribution in [3.63, 3.8) is 0 Å². The average molecular weight is 332 g/mol. The van der Waals surface area contributed by atoms with Gasteiger partial charge in [0, 0.05) is 0 Å². The van der Waals surface area contributed by atoms with Crippen molar-refractivity contribution >= 4 is 22.6 Å². The van der Waals surface area contributed by atoms with Crippen LogP contribution in [0.3, 0.4) is 0 Å². The Balaban J connectivity index is 2.78. The summed E-state index contributed by atoms with van der Waals surface area (Å²) in [7, 11) is 0. The fraction of sp³-hybridized carbons (Fsp3) is 0.571. The predicted molar refractivity (Wildman–Crippen MR) is 77.8 cm³/mol. The third kappa shape index (κ3) is 4.06. The second kappa shape index (κ2) is 6.01. The summed E-state index contributed by atoms with van der Waals surface area (Å²) in [6, 6.07) is 8.38. The van der Waals surface area contributed by atoms with Gasteiger partial charge in [-0.05, 0) is 52.5 Å². The number of hydrogen-bond donors (Lipinski definition) is 1. The molecule has 0 amide bonds. The van der Waals surface area contributed by atoms with Crippen LogP contribution in [-0.4, -0.2) is 5.11 Å². The first-order valence-electron chi connectivity index (χ1n) is 5.96. The minimum absolute atomic E-state index is 0.681. The molecule has 0 saturated carbocycles. The van der Waals surface area contributed by atoms with Crippen molar-refractivity contribution in [1.29, 1.82) is 0 Å². The highest BCUT2D eigenvalue weighted by atomic mass is 127. The summed E-state index contributed by atoms with van der Waals surface area (Å²) in [4.78, 5) is 0. The molecule has 0 spiro atoms. The lowest BCUT2D eigenvalue weighted by Crippen LogP contribution is -2.16. The van der Waals surface area contributed by atoms with Gasteiger partial charge < -0.3 is 5.11 Å². The molecule has 0 fully saturated rings. The zero-order chi connectivity index (χ0) is 12.2. The van der Waals surface area contributed by atoms with Crippen LogP contribution in [0.4, 0.5) is 0 Å². The van der Waals surface area contributed by atoms with Gasteiger partial charge in [-0.1, -0.05) is 51.5 Å². The van der Waals surface area contributed by atoms with Crippen LogP contribution < -0.4 is 0 Å². The van der Waals surface area contributed by atoms with Crippen molar-refractivity contribution in [2.24, 2.45) is 5.92 Å². The molecule has 1 nitrogen and oxygen atoms in total. The van der Waals surface area contributed by atoms with Crippen LogP contribution >= 0.6 is 22.6 Å². The lowest BCUT2D eigenvalue weighted by molar-refractivity contribution is 0.146. The number of halogens is 1. The monoisotopic (exact) mass is 332 g/mol. The molecule has 90 valence electrons. The highest BCUT2D eigenvalue weighted by Gasteiger charge is 2.23. The van der Waals surface area contributed by atoms with Gasteiger partial charge in [-0.2, -0.15) is 0 Å². The maximum absolute atomic E-state index is 10.2. The summed E-state index contributed by atoms with van der Waals surface area (Å²) < 4.78 is -0.705. The number of benzene rings is 1. The zero-order valence-electron chi connectivity index (χ0n) is 10.3. The largest absolute Gasteiger partial charge is 0.375 e. The minimum Gasteiger partial charge on any atom is -0.375 e. The minimum atomic E-state index is -0.705. The molecular formula is C14H21IO. The van der Waals surface area contributed by atoms with Crippen molar-refractivity contribution in [3.05, 3.63) is 35.4 Å². The average Bonchev–Trinajstić information content (AvgIpc) is 2.17. The first kappa shape index (κ1) is 14.0. The Bertz CT molecular complexity index is 314. The molecule has 0 saturated heterocycles. The van der Waals surface area contributed by atoms with Gasteiger partial charge >= 0.3 is 0 Å². The molecule has 0 aromatic heterocycles. The molecule has 1 aromatic rings. The molecule has 0 aliphatic heterocycles. The Morgan fingerprint density at radius 2 is 1.81 bits per heavy atom. The molecule has 1 aromatic carbocycles. The fourth-order valence-corrected chi connectivity index (χ4v) is 2.74. The second-order valence-electron chi connectivity index (χ2n) is 4.80. The first-order chi connectivity index (χ1) is 7.45. The molecule has 1 atom stereocenters. The summed E-state index contributed by atoms with van der Waals surface area (Å²) >= 11 is 2.13. The van der Waals surface area contributed by atoms with Gasteiger partial charge in [0.1, 0.15) is 3.61 Å². The highest BCUT2D eigenvalue weighted by Crippen LogP contribution is 2.33. The van der Waals surface area contributed by atoms with Crippen molar-refractivity contribution < 1.29 is 5.11 Å². The Hall–Kier alpha value is -0.0900. The third-order valence-corrected chi connectivity index (χ3v) is 3.78. The lowest BCUT2D eigenvalue weighted by Gasteiger charge is -2.21. The van der Waals surface area contributed by atoms with Gasteiger partial charge in [-0.15, -0.1) is 0 Å². The summed E-state index contributed by atoms with van der Waals surface area (Å²) in [6.07, 6.45) is 2.90. The van der Waals surface area contributed by atoms with Gasteiger partial charge in [0.15, 0.2) is 0 Å². The smallest absolute Gasteiger partial charge is 0.141 e. The van der Waals surface area contributed by atoms with E-state index in [0.29, 0.717) is 5.92 Å². The lowest BCUT2D eigenvalue weighted by atomic mass is 9.99. The summed E-state index contributed by atoms with van der Waals surface area (Å²) in [5, 5.41) is 10.2. The van der Waals surface area contributed by atoms with Crippen molar-refractivity contribution in [2.75, 3.05) is 0 Å². The molecule has 0 aliphatic carbocycles. The molecule has 1 rings (SSSR count). The van der Waals surface area contributed by atoms with E-state index in [0.717, 1.165) is 24.8 Å². The summed E-state index contributed by atoms with van der Waals surface area (Å²) in [5.74, 6) is 0.681. The molecule has 2 heteroatoms. The van der Waals surface area contributed by atoms with Crippen LogP contribution in [0, 0.1) is 5.92 Å². The van der Waals surface area contributed by atoms with Gasteiger partial charge in [0.2, 0.25) is 0 Å². The Morgan fingerprint density at radius 1 is 1.25 bits per heavy atom. The van der Waals surface area contributed by atoms with Gasteiger partial charge in [0.25, 0.3) is 0 Å². The highest BCUT2D eigenvalue weighted by molar-refractivity contribution is 14.1. The van der Waals surface area contributed by atoms with Crippen molar-refractivity contribution in [3.8, 4) is 0 Å². The first-order valence-corrected chi connectivity index (χ1v) is 7.04. The van der Waals surface area contributed by atoms with E-state index in [1.54, 1.807) is 0 Å². The van der Waals surface area contributed by atoms with E-state index in [-0.39, 0.29) is 0 Å². The second-order valence-corrected chi connectivity index (χ2v) is 6.59. The van der Waals surface area contributed by atoms with Gasteiger partial charge in [-0.3, -0.25) is 0 Å². The van der Waals surface area contributed by atoms with Crippen molar-refractivity contribution in [2.45, 2.75) is 43.6 Å². The van der Waals surface area contributed by atoms with Gasteiger partial charge in [-0.25, -0.2) is 0 Å². The van der Waals surface area contributed by atoms with Crippen LogP contribution in [0.5, 0.6) is 0 Å². The molecule has 0 radical (unpaired) electrons. The molecule has 0 aliphatic rings. The van der Waals surface area contributed by atoms with E-state index < -0.39 is 3.61 Å². The third-order valence-electron chi connectivity index (χ3n) is 2.62. The molecular weight excluding hydrogens is 311 g/mol. The Kier molecular flexibility index (Phi) is 5.25. The molecule has 16 heavy (non-hydrogen) atoms. The maximum Gasteiger partial charge on any atom is 0.141 e. The number of hydrogen-bond acceptors (Lipinski definition) is 1. The van der Waals surface area contributed by atoms with Crippen LogP contribution in [0.2, 0.25) is 0 Å². The van der Waals surface area contributed by atoms with E-state index in [2.05, 4.69) is 67.6 Å². The number of aliphatic hydroxyl groups is 1. The molecule has 0 heterocycles. The van der Waals surface area contributed by atoms with E-state index in [9.17, 15) is 5.11 Å². The summed E-state index contributed by atoms with van der Waals surface area (Å²) in [6.45, 7) is 6.54. The Morgan fingerprint density at radius 3 is 2.25 bits per heavy atom. The molecule has 0 unspecified atom stereocenters. The Labute approximate surface area is 112 Å². The van der Waals surface area contributed by atoms with E-state index in [4.69, 9.17) is 0 Å².